The van der Waals surface area contributed by atoms with Crippen LogP contribution in [0, 0.1) is 5.92 Å². The van der Waals surface area contributed by atoms with Gasteiger partial charge in [-0.15, -0.1) is 11.8 Å². The number of thioether (sulfide) groups is 1. The first-order valence-corrected chi connectivity index (χ1v) is 9.87. The van der Waals surface area contributed by atoms with E-state index in [1.165, 1.54) is 0 Å². The first-order chi connectivity index (χ1) is 13.2. The van der Waals surface area contributed by atoms with Crippen molar-refractivity contribution in [2.45, 2.75) is 19.6 Å². The van der Waals surface area contributed by atoms with E-state index in [4.69, 9.17) is 9.47 Å². The van der Waals surface area contributed by atoms with Crippen LogP contribution in [0.25, 0.3) is 0 Å². The molecule has 0 spiro atoms. The Labute approximate surface area is 162 Å². The van der Waals surface area contributed by atoms with E-state index in [1.807, 2.05) is 10.8 Å². The fraction of sp³-hybridized carbons (Fsp3) is 0.421. The summed E-state index contributed by atoms with van der Waals surface area (Å²) in [5.41, 5.74) is 0.482. The number of aromatic nitrogens is 2. The zero-order chi connectivity index (χ0) is 19.1. The summed E-state index contributed by atoms with van der Waals surface area (Å²) >= 11 is 1.59. The minimum atomic E-state index is -0.682. The van der Waals surface area contributed by atoms with Crippen LogP contribution in [0.1, 0.15) is 17.3 Å². The van der Waals surface area contributed by atoms with Crippen molar-refractivity contribution in [2.75, 3.05) is 25.5 Å². The molecule has 0 bridgehead atoms. The summed E-state index contributed by atoms with van der Waals surface area (Å²) in [6, 6.07) is 6.81. The van der Waals surface area contributed by atoms with E-state index in [2.05, 4.69) is 9.98 Å². The molecule has 1 aromatic carbocycles. The Balaban J connectivity index is 1.64. The van der Waals surface area contributed by atoms with E-state index in [0.717, 1.165) is 17.3 Å². The number of imidazole rings is 1. The van der Waals surface area contributed by atoms with E-state index in [0.29, 0.717) is 31.1 Å². The molecule has 0 fully saturated rings. The predicted octanol–water partition coefficient (Wildman–Crippen LogP) is 2.26. The molecule has 2 unspecified atom stereocenters. The Morgan fingerprint density at radius 1 is 1.37 bits per heavy atom. The molecule has 0 aliphatic carbocycles. The van der Waals surface area contributed by atoms with Crippen LogP contribution < -0.4 is 4.74 Å². The monoisotopic (exact) mass is 389 g/mol. The summed E-state index contributed by atoms with van der Waals surface area (Å²) in [4.78, 5) is 20.2. The second kappa shape index (κ2) is 9.57. The molecule has 8 heteroatoms. The van der Waals surface area contributed by atoms with E-state index in [9.17, 15) is 9.90 Å². The number of carbonyl (C=O) groups excluding carboxylic acids is 1. The summed E-state index contributed by atoms with van der Waals surface area (Å²) in [5, 5.41) is 11.5. The van der Waals surface area contributed by atoms with Gasteiger partial charge in [-0.05, 0) is 31.2 Å². The third kappa shape index (κ3) is 5.33. The van der Waals surface area contributed by atoms with Crippen molar-refractivity contribution in [1.82, 2.24) is 9.55 Å². The lowest BCUT2D eigenvalue weighted by Crippen LogP contribution is -2.34. The SMILES string of the molecule is CCOC(=O)c1ccc(OCC(Cn2ccnc2)C(O)C2=NCCS2)cc1. The lowest BCUT2D eigenvalue weighted by Gasteiger charge is -2.23. The molecule has 2 heterocycles. The van der Waals surface area contributed by atoms with Crippen LogP contribution in [0.3, 0.4) is 0 Å². The molecule has 1 aliphatic rings. The maximum Gasteiger partial charge on any atom is 0.338 e. The molecule has 0 saturated carbocycles. The second-order valence-electron chi connectivity index (χ2n) is 6.09. The summed E-state index contributed by atoms with van der Waals surface area (Å²) in [7, 11) is 0. The summed E-state index contributed by atoms with van der Waals surface area (Å²) in [6.45, 7) is 3.74. The highest BCUT2D eigenvalue weighted by molar-refractivity contribution is 8.14. The summed E-state index contributed by atoms with van der Waals surface area (Å²) < 4.78 is 12.8. The van der Waals surface area contributed by atoms with Gasteiger partial charge in [0.2, 0.25) is 0 Å². The predicted molar refractivity (Wildman–Crippen MR) is 104 cm³/mol. The van der Waals surface area contributed by atoms with Gasteiger partial charge in [0.1, 0.15) is 11.9 Å². The molecule has 7 nitrogen and oxygen atoms in total. The van der Waals surface area contributed by atoms with Crippen LogP contribution in [-0.4, -0.2) is 57.3 Å². The molecule has 0 saturated heterocycles. The third-order valence-corrected chi connectivity index (χ3v) is 5.20. The molecular formula is C19H23N3O4S. The van der Waals surface area contributed by atoms with Crippen molar-refractivity contribution in [3.05, 3.63) is 48.5 Å². The number of aliphatic hydroxyl groups is 1. The van der Waals surface area contributed by atoms with Crippen molar-refractivity contribution in [3.63, 3.8) is 0 Å². The highest BCUT2D eigenvalue weighted by atomic mass is 32.2. The highest BCUT2D eigenvalue weighted by Gasteiger charge is 2.27. The average Bonchev–Trinajstić information content (AvgIpc) is 3.39. The number of benzene rings is 1. The lowest BCUT2D eigenvalue weighted by atomic mass is 10.0. The highest BCUT2D eigenvalue weighted by Crippen LogP contribution is 2.22. The summed E-state index contributed by atoms with van der Waals surface area (Å²) in [5.74, 6) is 1.01. The van der Waals surface area contributed by atoms with Gasteiger partial charge in [-0.25, -0.2) is 9.78 Å². The Morgan fingerprint density at radius 3 is 2.81 bits per heavy atom. The van der Waals surface area contributed by atoms with Crippen LogP contribution in [-0.2, 0) is 11.3 Å². The second-order valence-corrected chi connectivity index (χ2v) is 7.20. The first kappa shape index (κ1) is 19.4. The Kier molecular flexibility index (Phi) is 6.89. The molecule has 0 radical (unpaired) electrons. The van der Waals surface area contributed by atoms with Gasteiger partial charge in [-0.2, -0.15) is 0 Å². The standard InChI is InChI=1S/C19H23N3O4S/c1-2-25-19(24)14-3-5-16(6-4-14)26-12-15(11-22-9-7-20-13-22)17(23)18-21-8-10-27-18/h3-7,9,13,15,17,23H,2,8,10-12H2,1H3. The van der Waals surface area contributed by atoms with Crippen molar-refractivity contribution >= 4 is 22.8 Å². The van der Waals surface area contributed by atoms with Gasteiger partial charge < -0.3 is 19.1 Å². The zero-order valence-corrected chi connectivity index (χ0v) is 16.0. The first-order valence-electron chi connectivity index (χ1n) is 8.88. The average molecular weight is 389 g/mol. The molecule has 0 amide bonds. The Morgan fingerprint density at radius 2 is 2.19 bits per heavy atom. The van der Waals surface area contributed by atoms with Gasteiger partial charge in [-0.3, -0.25) is 4.99 Å². The number of aliphatic imine (C=N–C) groups is 1. The Bertz CT molecular complexity index is 762. The van der Waals surface area contributed by atoms with Gasteiger partial charge in [0.15, 0.2) is 0 Å². The van der Waals surface area contributed by atoms with E-state index in [1.54, 1.807) is 55.5 Å². The molecule has 2 atom stereocenters. The van der Waals surface area contributed by atoms with Crippen LogP contribution in [0.15, 0.2) is 48.0 Å². The zero-order valence-electron chi connectivity index (χ0n) is 15.2. The molecule has 2 aromatic rings. The van der Waals surface area contributed by atoms with Gasteiger partial charge in [0.25, 0.3) is 0 Å². The normalized spacial score (nSPS) is 15.9. The molecule has 27 heavy (non-hydrogen) atoms. The van der Waals surface area contributed by atoms with Crippen molar-refractivity contribution in [2.24, 2.45) is 10.9 Å². The number of hydrogen-bond donors (Lipinski definition) is 1. The molecule has 1 N–H and O–H groups in total. The molecular weight excluding hydrogens is 366 g/mol. The quantitative estimate of drug-likeness (QED) is 0.662. The third-order valence-electron chi connectivity index (χ3n) is 4.14. The minimum absolute atomic E-state index is 0.173. The number of ether oxygens (including phenoxy) is 2. The number of esters is 1. The maximum atomic E-state index is 11.7. The number of hydrogen-bond acceptors (Lipinski definition) is 7. The fourth-order valence-electron chi connectivity index (χ4n) is 2.75. The van der Waals surface area contributed by atoms with Gasteiger partial charge in [-0.1, -0.05) is 0 Å². The Hall–Kier alpha value is -2.32. The van der Waals surface area contributed by atoms with Crippen LogP contribution in [0.5, 0.6) is 5.75 Å². The number of nitrogens with zero attached hydrogens (tertiary/aromatic N) is 3. The van der Waals surface area contributed by atoms with Crippen molar-refractivity contribution < 1.29 is 19.4 Å². The van der Waals surface area contributed by atoms with E-state index in [-0.39, 0.29) is 11.9 Å². The van der Waals surface area contributed by atoms with Crippen LogP contribution in [0.4, 0.5) is 0 Å². The lowest BCUT2D eigenvalue weighted by molar-refractivity contribution is 0.0526. The number of aliphatic hydroxyl groups excluding tert-OH is 1. The van der Waals surface area contributed by atoms with Gasteiger partial charge in [0.05, 0.1) is 30.1 Å². The van der Waals surface area contributed by atoms with Crippen LogP contribution >= 0.6 is 11.8 Å². The van der Waals surface area contributed by atoms with Crippen molar-refractivity contribution in [3.8, 4) is 5.75 Å². The topological polar surface area (TPSA) is 85.9 Å². The van der Waals surface area contributed by atoms with E-state index >= 15 is 0 Å². The number of carbonyl (C=O) groups is 1. The summed E-state index contributed by atoms with van der Waals surface area (Å²) in [6.07, 6.45) is 4.61. The van der Waals surface area contributed by atoms with Gasteiger partial charge in [0, 0.05) is 37.2 Å². The smallest absolute Gasteiger partial charge is 0.338 e. The van der Waals surface area contributed by atoms with Crippen LogP contribution in [0.2, 0.25) is 0 Å². The van der Waals surface area contributed by atoms with Gasteiger partial charge >= 0.3 is 5.97 Å². The minimum Gasteiger partial charge on any atom is -0.493 e. The largest absolute Gasteiger partial charge is 0.493 e. The molecule has 3 rings (SSSR count). The maximum absolute atomic E-state index is 11.7. The molecule has 1 aromatic heterocycles. The van der Waals surface area contributed by atoms with E-state index < -0.39 is 6.10 Å². The van der Waals surface area contributed by atoms with Crippen molar-refractivity contribution in [1.29, 1.82) is 0 Å². The number of rotatable bonds is 9. The molecule has 1 aliphatic heterocycles. The fourth-order valence-corrected chi connectivity index (χ4v) is 3.68. The molecule has 144 valence electrons.